The van der Waals surface area contributed by atoms with E-state index in [4.69, 9.17) is 4.74 Å². The smallest absolute Gasteiger partial charge is 0.0795 e. The molecule has 0 aliphatic carbocycles. The molecule has 1 heterocycles. The SMILES string of the molecule is CCOCCCNC(C)c1cscn1. The van der Waals surface area contributed by atoms with Gasteiger partial charge in [-0.15, -0.1) is 11.3 Å². The first kappa shape index (κ1) is 11.6. The van der Waals surface area contributed by atoms with Gasteiger partial charge in [-0.05, 0) is 26.8 Å². The average molecular weight is 214 g/mol. The molecular formula is C10H18N2OS. The van der Waals surface area contributed by atoms with Crippen LogP contribution in [0.1, 0.15) is 32.0 Å². The number of nitrogens with one attached hydrogen (secondary N) is 1. The van der Waals surface area contributed by atoms with Crippen molar-refractivity contribution < 1.29 is 4.74 Å². The number of nitrogens with zero attached hydrogens (tertiary/aromatic N) is 1. The standard InChI is InChI=1S/C10H18N2OS/c1-3-13-6-4-5-11-9(2)10-7-14-8-12-10/h7-9,11H,3-6H2,1-2H3. The number of aromatic nitrogens is 1. The lowest BCUT2D eigenvalue weighted by molar-refractivity contribution is 0.144. The van der Waals surface area contributed by atoms with Crippen LogP contribution in [0.5, 0.6) is 0 Å². The van der Waals surface area contributed by atoms with Gasteiger partial charge in [0.2, 0.25) is 0 Å². The Morgan fingerprint density at radius 3 is 3.14 bits per heavy atom. The fourth-order valence-corrected chi connectivity index (χ4v) is 1.83. The molecule has 0 aromatic carbocycles. The van der Waals surface area contributed by atoms with Crippen LogP contribution < -0.4 is 5.32 Å². The second kappa shape index (κ2) is 6.92. The van der Waals surface area contributed by atoms with Crippen LogP contribution in [0.4, 0.5) is 0 Å². The van der Waals surface area contributed by atoms with Gasteiger partial charge in [0.25, 0.3) is 0 Å². The molecule has 0 aliphatic rings. The van der Waals surface area contributed by atoms with E-state index in [2.05, 4.69) is 22.6 Å². The minimum Gasteiger partial charge on any atom is -0.382 e. The lowest BCUT2D eigenvalue weighted by atomic mass is 10.2. The molecule has 3 nitrogen and oxygen atoms in total. The molecule has 80 valence electrons. The molecule has 0 spiro atoms. The molecule has 0 fully saturated rings. The summed E-state index contributed by atoms with van der Waals surface area (Å²) in [6.45, 7) is 6.79. The Kier molecular flexibility index (Phi) is 5.75. The molecule has 0 saturated heterocycles. The van der Waals surface area contributed by atoms with Crippen LogP contribution in [0.2, 0.25) is 0 Å². The van der Waals surface area contributed by atoms with E-state index < -0.39 is 0 Å². The Morgan fingerprint density at radius 1 is 1.64 bits per heavy atom. The minimum atomic E-state index is 0.350. The van der Waals surface area contributed by atoms with Gasteiger partial charge < -0.3 is 10.1 Å². The molecule has 0 saturated carbocycles. The number of hydrogen-bond donors (Lipinski definition) is 1. The van der Waals surface area contributed by atoms with Crippen LogP contribution in [0, 0.1) is 0 Å². The Hall–Kier alpha value is -0.450. The van der Waals surface area contributed by atoms with E-state index in [1.807, 2.05) is 12.4 Å². The molecule has 14 heavy (non-hydrogen) atoms. The summed E-state index contributed by atoms with van der Waals surface area (Å²) in [7, 11) is 0. The zero-order chi connectivity index (χ0) is 10.2. The highest BCUT2D eigenvalue weighted by molar-refractivity contribution is 7.07. The summed E-state index contributed by atoms with van der Waals surface area (Å²) in [6.07, 6.45) is 1.06. The minimum absolute atomic E-state index is 0.350. The maximum Gasteiger partial charge on any atom is 0.0795 e. The van der Waals surface area contributed by atoms with Gasteiger partial charge in [0, 0.05) is 24.6 Å². The van der Waals surface area contributed by atoms with E-state index in [1.54, 1.807) is 11.3 Å². The number of ether oxygens (including phenoxy) is 1. The first-order chi connectivity index (χ1) is 6.84. The van der Waals surface area contributed by atoms with Crippen molar-refractivity contribution in [1.82, 2.24) is 10.3 Å². The van der Waals surface area contributed by atoms with E-state index in [0.29, 0.717) is 6.04 Å². The van der Waals surface area contributed by atoms with Gasteiger partial charge in [0.15, 0.2) is 0 Å². The molecular weight excluding hydrogens is 196 g/mol. The van der Waals surface area contributed by atoms with Gasteiger partial charge >= 0.3 is 0 Å². The van der Waals surface area contributed by atoms with Crippen molar-refractivity contribution in [1.29, 1.82) is 0 Å². The van der Waals surface area contributed by atoms with E-state index in [0.717, 1.165) is 31.9 Å². The average Bonchev–Trinajstić information content (AvgIpc) is 2.70. The summed E-state index contributed by atoms with van der Waals surface area (Å²) in [5, 5.41) is 5.49. The summed E-state index contributed by atoms with van der Waals surface area (Å²) in [5.41, 5.74) is 3.00. The van der Waals surface area contributed by atoms with Crippen molar-refractivity contribution in [2.24, 2.45) is 0 Å². The maximum atomic E-state index is 5.25. The highest BCUT2D eigenvalue weighted by atomic mass is 32.1. The molecule has 1 rings (SSSR count). The van der Waals surface area contributed by atoms with Gasteiger partial charge in [0.1, 0.15) is 0 Å². The summed E-state index contributed by atoms with van der Waals surface area (Å²) in [5.74, 6) is 0. The van der Waals surface area contributed by atoms with Crippen molar-refractivity contribution in [3.05, 3.63) is 16.6 Å². The van der Waals surface area contributed by atoms with E-state index in [-0.39, 0.29) is 0 Å². The van der Waals surface area contributed by atoms with Crippen LogP contribution in [0.25, 0.3) is 0 Å². The van der Waals surface area contributed by atoms with Gasteiger partial charge in [-0.3, -0.25) is 0 Å². The summed E-state index contributed by atoms with van der Waals surface area (Å²) < 4.78 is 5.25. The number of hydrogen-bond acceptors (Lipinski definition) is 4. The molecule has 0 bridgehead atoms. The van der Waals surface area contributed by atoms with Crippen LogP contribution in [0.3, 0.4) is 0 Å². The molecule has 4 heteroatoms. The van der Waals surface area contributed by atoms with Crippen molar-refractivity contribution in [2.75, 3.05) is 19.8 Å². The predicted molar refractivity (Wildman–Crippen MR) is 59.6 cm³/mol. The van der Waals surface area contributed by atoms with Crippen molar-refractivity contribution >= 4 is 11.3 Å². The van der Waals surface area contributed by atoms with Gasteiger partial charge in [0.05, 0.1) is 11.2 Å². The fourth-order valence-electron chi connectivity index (χ4n) is 1.18. The molecule has 1 aromatic rings. The number of thiazole rings is 1. The first-order valence-corrected chi connectivity index (χ1v) is 5.98. The van der Waals surface area contributed by atoms with E-state index >= 15 is 0 Å². The highest BCUT2D eigenvalue weighted by Crippen LogP contribution is 2.11. The van der Waals surface area contributed by atoms with Crippen LogP contribution in [0.15, 0.2) is 10.9 Å². The Balaban J connectivity index is 2.07. The van der Waals surface area contributed by atoms with E-state index in [9.17, 15) is 0 Å². The topological polar surface area (TPSA) is 34.1 Å². The summed E-state index contributed by atoms with van der Waals surface area (Å²) in [4.78, 5) is 4.26. The third-order valence-corrected chi connectivity index (χ3v) is 2.62. The molecule has 0 amide bonds. The third-order valence-electron chi connectivity index (χ3n) is 2.02. The van der Waals surface area contributed by atoms with Crippen molar-refractivity contribution in [3.63, 3.8) is 0 Å². The normalized spacial score (nSPS) is 13.0. The zero-order valence-corrected chi connectivity index (χ0v) is 9.64. The molecule has 1 atom stereocenters. The van der Waals surface area contributed by atoms with Crippen molar-refractivity contribution in [3.8, 4) is 0 Å². The first-order valence-electron chi connectivity index (χ1n) is 5.03. The molecule has 1 unspecified atom stereocenters. The second-order valence-corrected chi connectivity index (χ2v) is 3.86. The number of rotatable bonds is 7. The summed E-state index contributed by atoms with van der Waals surface area (Å²) in [6, 6.07) is 0.350. The van der Waals surface area contributed by atoms with Crippen LogP contribution in [-0.2, 0) is 4.74 Å². The monoisotopic (exact) mass is 214 g/mol. The lowest BCUT2D eigenvalue weighted by Crippen LogP contribution is -2.21. The molecule has 0 radical (unpaired) electrons. The lowest BCUT2D eigenvalue weighted by Gasteiger charge is -2.10. The van der Waals surface area contributed by atoms with Crippen LogP contribution in [-0.4, -0.2) is 24.7 Å². The van der Waals surface area contributed by atoms with Gasteiger partial charge in [-0.1, -0.05) is 0 Å². The summed E-state index contributed by atoms with van der Waals surface area (Å²) >= 11 is 1.64. The fraction of sp³-hybridized carbons (Fsp3) is 0.700. The quantitative estimate of drug-likeness (QED) is 0.707. The second-order valence-electron chi connectivity index (χ2n) is 3.14. The largest absolute Gasteiger partial charge is 0.382 e. The Morgan fingerprint density at radius 2 is 2.50 bits per heavy atom. The molecule has 0 aliphatic heterocycles. The maximum absolute atomic E-state index is 5.25. The Labute approximate surface area is 89.5 Å². The zero-order valence-electron chi connectivity index (χ0n) is 8.82. The van der Waals surface area contributed by atoms with Gasteiger partial charge in [-0.25, -0.2) is 4.98 Å². The highest BCUT2D eigenvalue weighted by Gasteiger charge is 2.04. The molecule has 1 N–H and O–H groups in total. The third kappa shape index (κ3) is 4.17. The van der Waals surface area contributed by atoms with Gasteiger partial charge in [-0.2, -0.15) is 0 Å². The van der Waals surface area contributed by atoms with E-state index in [1.165, 1.54) is 0 Å². The van der Waals surface area contributed by atoms with Crippen molar-refractivity contribution in [2.45, 2.75) is 26.3 Å². The Bertz CT molecular complexity index is 226. The molecule has 1 aromatic heterocycles. The predicted octanol–water partition coefficient (Wildman–Crippen LogP) is 2.22. The van der Waals surface area contributed by atoms with Crippen LogP contribution >= 0.6 is 11.3 Å².